The van der Waals surface area contributed by atoms with Crippen LogP contribution in [0.25, 0.3) is 0 Å². The molecule has 2 N–H and O–H groups in total. The highest BCUT2D eigenvalue weighted by Gasteiger charge is 2.05. The van der Waals surface area contributed by atoms with Crippen molar-refractivity contribution in [2.75, 3.05) is 10.6 Å². The molecule has 2 aromatic carbocycles. The van der Waals surface area contributed by atoms with Gasteiger partial charge < -0.3 is 10.6 Å². The highest BCUT2D eigenvalue weighted by atomic mass is 35.5. The molecule has 0 bridgehead atoms. The number of anilines is 2. The lowest BCUT2D eigenvalue weighted by Crippen LogP contribution is -2.19. The molecular formula is C15H14Cl2N2O. The molecule has 0 saturated heterocycles. The summed E-state index contributed by atoms with van der Waals surface area (Å²) in [6, 6.07) is 10.3. The van der Waals surface area contributed by atoms with Crippen LogP contribution in [-0.2, 0) is 0 Å². The number of carbonyl (C=O) groups is 1. The van der Waals surface area contributed by atoms with Crippen molar-refractivity contribution < 1.29 is 4.79 Å². The van der Waals surface area contributed by atoms with E-state index >= 15 is 0 Å². The van der Waals surface area contributed by atoms with Crippen molar-refractivity contribution >= 4 is 40.6 Å². The molecular weight excluding hydrogens is 295 g/mol. The van der Waals surface area contributed by atoms with Crippen molar-refractivity contribution in [3.8, 4) is 0 Å². The lowest BCUT2D eigenvalue weighted by Gasteiger charge is -2.09. The summed E-state index contributed by atoms with van der Waals surface area (Å²) in [5.41, 5.74) is 3.63. The van der Waals surface area contributed by atoms with E-state index in [-0.39, 0.29) is 6.03 Å². The van der Waals surface area contributed by atoms with Crippen molar-refractivity contribution in [1.82, 2.24) is 0 Å². The Hall–Kier alpha value is -1.71. The zero-order chi connectivity index (χ0) is 14.7. The Balaban J connectivity index is 2.04. The van der Waals surface area contributed by atoms with Gasteiger partial charge >= 0.3 is 6.03 Å². The molecule has 0 aliphatic carbocycles. The smallest absolute Gasteiger partial charge is 0.308 e. The number of amides is 2. The van der Waals surface area contributed by atoms with Gasteiger partial charge in [-0.2, -0.15) is 0 Å². The van der Waals surface area contributed by atoms with Gasteiger partial charge in [0.2, 0.25) is 0 Å². The van der Waals surface area contributed by atoms with Gasteiger partial charge in [-0.3, -0.25) is 0 Å². The van der Waals surface area contributed by atoms with Crippen molar-refractivity contribution in [2.45, 2.75) is 13.8 Å². The maximum atomic E-state index is 11.9. The molecule has 2 aromatic rings. The van der Waals surface area contributed by atoms with E-state index in [1.54, 1.807) is 18.2 Å². The Morgan fingerprint density at radius 3 is 2.05 bits per heavy atom. The van der Waals surface area contributed by atoms with Crippen LogP contribution in [0, 0.1) is 13.8 Å². The maximum absolute atomic E-state index is 11.9. The van der Waals surface area contributed by atoms with Crippen LogP contribution in [0.15, 0.2) is 36.4 Å². The molecule has 0 atom stereocenters. The summed E-state index contributed by atoms with van der Waals surface area (Å²) in [7, 11) is 0. The first-order chi connectivity index (χ1) is 9.45. The Morgan fingerprint density at radius 1 is 0.850 bits per heavy atom. The molecule has 0 unspecified atom stereocenters. The lowest BCUT2D eigenvalue weighted by atomic mass is 10.1. The van der Waals surface area contributed by atoms with Gasteiger partial charge in [0.05, 0.1) is 10.0 Å². The first-order valence-electron chi connectivity index (χ1n) is 6.06. The number of benzene rings is 2. The predicted octanol–water partition coefficient (Wildman–Crippen LogP) is 5.25. The lowest BCUT2D eigenvalue weighted by molar-refractivity contribution is 0.262. The molecule has 5 heteroatoms. The SMILES string of the molecule is Cc1ccc(NC(=O)Nc2ccc(Cl)c(Cl)c2)cc1C. The molecule has 0 spiro atoms. The molecule has 0 heterocycles. The Kier molecular flexibility index (Phi) is 4.53. The second kappa shape index (κ2) is 6.16. The number of hydrogen-bond donors (Lipinski definition) is 2. The molecule has 0 aliphatic rings. The number of rotatable bonds is 2. The summed E-state index contributed by atoms with van der Waals surface area (Å²) in [5.74, 6) is 0. The van der Waals surface area contributed by atoms with Gasteiger partial charge in [-0.25, -0.2) is 4.79 Å². The van der Waals surface area contributed by atoms with Crippen LogP contribution in [0.3, 0.4) is 0 Å². The second-order valence-corrected chi connectivity index (χ2v) is 5.32. The molecule has 0 saturated carbocycles. The minimum atomic E-state index is -0.327. The summed E-state index contributed by atoms with van der Waals surface area (Å²) in [4.78, 5) is 11.9. The molecule has 0 aromatic heterocycles. The van der Waals surface area contributed by atoms with Gasteiger partial charge in [0.1, 0.15) is 0 Å². The van der Waals surface area contributed by atoms with E-state index < -0.39 is 0 Å². The Morgan fingerprint density at radius 2 is 1.45 bits per heavy atom. The number of urea groups is 1. The van der Waals surface area contributed by atoms with E-state index in [1.807, 2.05) is 32.0 Å². The van der Waals surface area contributed by atoms with Gasteiger partial charge in [-0.1, -0.05) is 29.3 Å². The van der Waals surface area contributed by atoms with Crippen LogP contribution >= 0.6 is 23.2 Å². The van der Waals surface area contributed by atoms with E-state index in [2.05, 4.69) is 10.6 Å². The normalized spacial score (nSPS) is 10.2. The molecule has 2 rings (SSSR count). The standard InChI is InChI=1S/C15H14Cl2N2O/c1-9-3-4-11(7-10(9)2)18-15(20)19-12-5-6-13(16)14(17)8-12/h3-8H,1-2H3,(H2,18,19,20). The minimum Gasteiger partial charge on any atom is -0.308 e. The summed E-state index contributed by atoms with van der Waals surface area (Å²) < 4.78 is 0. The van der Waals surface area contributed by atoms with Gasteiger partial charge in [0.25, 0.3) is 0 Å². The third-order valence-electron chi connectivity index (χ3n) is 2.94. The summed E-state index contributed by atoms with van der Waals surface area (Å²) >= 11 is 11.7. The molecule has 104 valence electrons. The third-order valence-corrected chi connectivity index (χ3v) is 3.68. The van der Waals surface area contributed by atoms with Crippen LogP contribution in [0.2, 0.25) is 10.0 Å². The van der Waals surface area contributed by atoms with E-state index in [0.717, 1.165) is 11.3 Å². The highest BCUT2D eigenvalue weighted by molar-refractivity contribution is 6.42. The van der Waals surface area contributed by atoms with Crippen molar-refractivity contribution in [1.29, 1.82) is 0 Å². The number of hydrogen-bond acceptors (Lipinski definition) is 1. The quantitative estimate of drug-likeness (QED) is 0.781. The zero-order valence-electron chi connectivity index (χ0n) is 11.1. The first-order valence-corrected chi connectivity index (χ1v) is 6.81. The molecule has 3 nitrogen and oxygen atoms in total. The molecule has 0 fully saturated rings. The average Bonchev–Trinajstić information content (AvgIpc) is 2.38. The van der Waals surface area contributed by atoms with Gasteiger partial charge in [0.15, 0.2) is 0 Å². The monoisotopic (exact) mass is 308 g/mol. The third kappa shape index (κ3) is 3.65. The van der Waals surface area contributed by atoms with Gasteiger partial charge in [-0.15, -0.1) is 0 Å². The fraction of sp³-hybridized carbons (Fsp3) is 0.133. The van der Waals surface area contributed by atoms with Gasteiger partial charge in [0, 0.05) is 11.4 Å². The van der Waals surface area contributed by atoms with Gasteiger partial charge in [-0.05, 0) is 55.3 Å². The fourth-order valence-electron chi connectivity index (χ4n) is 1.69. The van der Waals surface area contributed by atoms with E-state index in [0.29, 0.717) is 15.7 Å². The number of halogens is 2. The van der Waals surface area contributed by atoms with Crippen LogP contribution in [0.1, 0.15) is 11.1 Å². The highest BCUT2D eigenvalue weighted by Crippen LogP contribution is 2.25. The summed E-state index contributed by atoms with van der Waals surface area (Å²) in [6.45, 7) is 4.02. The topological polar surface area (TPSA) is 41.1 Å². The van der Waals surface area contributed by atoms with Crippen molar-refractivity contribution in [2.24, 2.45) is 0 Å². The predicted molar refractivity (Wildman–Crippen MR) is 85.0 cm³/mol. The Bertz CT molecular complexity index is 601. The summed E-state index contributed by atoms with van der Waals surface area (Å²) in [6.07, 6.45) is 0. The van der Waals surface area contributed by atoms with Crippen molar-refractivity contribution in [3.63, 3.8) is 0 Å². The number of aryl methyl sites for hydroxylation is 2. The Labute approximate surface area is 127 Å². The van der Waals surface area contributed by atoms with E-state index in [9.17, 15) is 4.79 Å². The molecule has 20 heavy (non-hydrogen) atoms. The minimum absolute atomic E-state index is 0.327. The fourth-order valence-corrected chi connectivity index (χ4v) is 1.98. The van der Waals surface area contributed by atoms with E-state index in [1.165, 1.54) is 5.56 Å². The van der Waals surface area contributed by atoms with E-state index in [4.69, 9.17) is 23.2 Å². The maximum Gasteiger partial charge on any atom is 0.323 e. The van der Waals surface area contributed by atoms with Crippen LogP contribution in [-0.4, -0.2) is 6.03 Å². The number of nitrogens with one attached hydrogen (secondary N) is 2. The average molecular weight is 309 g/mol. The van der Waals surface area contributed by atoms with Crippen LogP contribution in [0.5, 0.6) is 0 Å². The molecule has 0 radical (unpaired) electrons. The largest absolute Gasteiger partial charge is 0.323 e. The van der Waals surface area contributed by atoms with Crippen LogP contribution < -0.4 is 10.6 Å². The zero-order valence-corrected chi connectivity index (χ0v) is 12.6. The second-order valence-electron chi connectivity index (χ2n) is 4.51. The molecule has 0 aliphatic heterocycles. The first kappa shape index (κ1) is 14.7. The summed E-state index contributed by atoms with van der Waals surface area (Å²) in [5, 5.41) is 6.32. The molecule has 2 amide bonds. The van der Waals surface area contributed by atoms with Crippen molar-refractivity contribution in [3.05, 3.63) is 57.6 Å². The van der Waals surface area contributed by atoms with Crippen LogP contribution in [0.4, 0.5) is 16.2 Å². The number of carbonyl (C=O) groups excluding carboxylic acids is 1.